The first-order chi connectivity index (χ1) is 14.5. The Kier molecular flexibility index (Phi) is 4.52. The van der Waals surface area contributed by atoms with Crippen LogP contribution in [0, 0.1) is 0 Å². The van der Waals surface area contributed by atoms with Gasteiger partial charge in [0.2, 0.25) is 5.89 Å². The minimum absolute atomic E-state index is 0.140. The second-order valence-corrected chi connectivity index (χ2v) is 7.69. The number of nitrogens with zero attached hydrogens (tertiary/aromatic N) is 7. The average molecular weight is 445 g/mol. The molecule has 3 aromatic heterocycles. The second-order valence-electron chi connectivity index (χ2n) is 6.82. The van der Waals surface area contributed by atoms with E-state index in [2.05, 4.69) is 20.3 Å². The van der Waals surface area contributed by atoms with Crippen LogP contribution in [0.2, 0.25) is 10.0 Å². The molecule has 10 nitrogen and oxygen atoms in total. The van der Waals surface area contributed by atoms with E-state index in [1.807, 2.05) is 17.0 Å². The summed E-state index contributed by atoms with van der Waals surface area (Å²) < 4.78 is 6.90. The molecular weight excluding hydrogens is 431 g/mol. The van der Waals surface area contributed by atoms with Crippen molar-refractivity contribution in [3.8, 4) is 11.4 Å². The minimum Gasteiger partial charge on any atom is -0.363 e. The molecule has 2 N–H and O–H groups in total. The van der Waals surface area contributed by atoms with Crippen LogP contribution in [-0.2, 0) is 0 Å². The van der Waals surface area contributed by atoms with Gasteiger partial charge >= 0.3 is 0 Å². The Hall–Kier alpha value is -3.24. The molecule has 4 heterocycles. The van der Waals surface area contributed by atoms with Crippen molar-refractivity contribution >= 4 is 40.6 Å². The third-order valence-corrected chi connectivity index (χ3v) is 5.30. The van der Waals surface area contributed by atoms with Gasteiger partial charge in [0.05, 0.1) is 0 Å². The molecule has 1 aliphatic rings. The lowest BCUT2D eigenvalue weighted by atomic mass is 10.2. The van der Waals surface area contributed by atoms with Crippen molar-refractivity contribution in [2.45, 2.75) is 18.9 Å². The molecule has 4 aromatic rings. The van der Waals surface area contributed by atoms with Crippen molar-refractivity contribution in [3.63, 3.8) is 0 Å². The third-order valence-electron chi connectivity index (χ3n) is 4.86. The highest BCUT2D eigenvalue weighted by Gasteiger charge is 2.32. The maximum atomic E-state index is 11.3. The van der Waals surface area contributed by atoms with Gasteiger partial charge in [-0.15, -0.1) is 15.3 Å². The number of aromatic nitrogens is 6. The van der Waals surface area contributed by atoms with Gasteiger partial charge in [0, 0.05) is 22.2 Å². The smallest absolute Gasteiger partial charge is 0.290 e. The number of amides is 1. The highest BCUT2D eigenvalue weighted by Crippen LogP contribution is 2.35. The van der Waals surface area contributed by atoms with E-state index in [4.69, 9.17) is 38.6 Å². The van der Waals surface area contributed by atoms with E-state index in [-0.39, 0.29) is 11.9 Å². The van der Waals surface area contributed by atoms with Gasteiger partial charge in [-0.2, -0.15) is 9.50 Å². The first kappa shape index (κ1) is 18.8. The summed E-state index contributed by atoms with van der Waals surface area (Å²) in [5, 5.41) is 17.8. The summed E-state index contributed by atoms with van der Waals surface area (Å²) >= 11 is 12.3. The molecule has 0 aliphatic carbocycles. The number of rotatable bonds is 4. The molecule has 152 valence electrons. The molecule has 5 rings (SSSR count). The first-order valence-electron chi connectivity index (χ1n) is 9.08. The third kappa shape index (κ3) is 3.23. The van der Waals surface area contributed by atoms with Gasteiger partial charge in [-0.3, -0.25) is 4.79 Å². The fourth-order valence-electron chi connectivity index (χ4n) is 3.56. The topological polar surface area (TPSA) is 128 Å². The van der Waals surface area contributed by atoms with Crippen LogP contribution in [0.3, 0.4) is 0 Å². The lowest BCUT2D eigenvalue weighted by Gasteiger charge is -2.22. The second kappa shape index (κ2) is 7.22. The van der Waals surface area contributed by atoms with Crippen molar-refractivity contribution < 1.29 is 9.32 Å². The quantitative estimate of drug-likeness (QED) is 0.508. The Bertz CT molecular complexity index is 1250. The molecule has 1 aliphatic heterocycles. The zero-order valence-electron chi connectivity index (χ0n) is 15.4. The first-order valence-corrected chi connectivity index (χ1v) is 9.84. The largest absolute Gasteiger partial charge is 0.363 e. The number of benzene rings is 1. The van der Waals surface area contributed by atoms with Gasteiger partial charge in [0.15, 0.2) is 11.5 Å². The number of carbonyl (C=O) groups is 1. The van der Waals surface area contributed by atoms with Crippen molar-refractivity contribution in [1.29, 1.82) is 0 Å². The molecule has 30 heavy (non-hydrogen) atoms. The molecule has 1 unspecified atom stereocenters. The maximum absolute atomic E-state index is 11.3. The number of anilines is 1. The Morgan fingerprint density at radius 3 is 2.70 bits per heavy atom. The number of halogens is 2. The minimum atomic E-state index is -0.733. The Morgan fingerprint density at radius 1 is 1.17 bits per heavy atom. The van der Waals surface area contributed by atoms with Crippen LogP contribution in [0.1, 0.15) is 35.4 Å². The summed E-state index contributed by atoms with van der Waals surface area (Å²) in [6, 6.07) is 8.61. The highest BCUT2D eigenvalue weighted by atomic mass is 35.5. The van der Waals surface area contributed by atoms with Crippen LogP contribution in [-0.4, -0.2) is 42.4 Å². The zero-order chi connectivity index (χ0) is 20.8. The number of hydrogen-bond donors (Lipinski definition) is 1. The van der Waals surface area contributed by atoms with E-state index >= 15 is 0 Å². The molecule has 0 spiro atoms. The van der Waals surface area contributed by atoms with E-state index in [9.17, 15) is 4.79 Å². The molecular formula is C18H14Cl2N8O2. The van der Waals surface area contributed by atoms with Gasteiger partial charge in [0.1, 0.15) is 11.9 Å². The van der Waals surface area contributed by atoms with Crippen LogP contribution < -0.4 is 10.6 Å². The molecule has 1 aromatic carbocycles. The molecule has 1 fully saturated rings. The molecule has 0 radical (unpaired) electrons. The molecule has 0 bridgehead atoms. The number of fused-ring (bicyclic) bond motifs is 1. The predicted molar refractivity (Wildman–Crippen MR) is 108 cm³/mol. The van der Waals surface area contributed by atoms with Gasteiger partial charge in [-0.05, 0) is 43.2 Å². The summed E-state index contributed by atoms with van der Waals surface area (Å²) in [6.45, 7) is 0.734. The van der Waals surface area contributed by atoms with Crippen molar-refractivity contribution in [2.24, 2.45) is 5.73 Å². The molecule has 12 heteroatoms. The number of nitrogens with two attached hydrogens (primary N) is 1. The summed E-state index contributed by atoms with van der Waals surface area (Å²) in [4.78, 5) is 17.4. The molecule has 0 saturated carbocycles. The van der Waals surface area contributed by atoms with Crippen molar-refractivity contribution in [1.82, 2.24) is 30.0 Å². The van der Waals surface area contributed by atoms with Crippen LogP contribution in [0.4, 0.5) is 5.82 Å². The molecule has 1 amide bonds. The van der Waals surface area contributed by atoms with Crippen LogP contribution in [0.15, 0.2) is 34.9 Å². The van der Waals surface area contributed by atoms with E-state index < -0.39 is 5.91 Å². The summed E-state index contributed by atoms with van der Waals surface area (Å²) in [5.41, 5.74) is 6.51. The molecule has 1 atom stereocenters. The van der Waals surface area contributed by atoms with Crippen molar-refractivity contribution in [3.05, 3.63) is 52.1 Å². The van der Waals surface area contributed by atoms with Gasteiger partial charge in [0.25, 0.3) is 11.7 Å². The highest BCUT2D eigenvalue weighted by molar-refractivity contribution is 6.35. The summed E-state index contributed by atoms with van der Waals surface area (Å²) in [7, 11) is 0. The molecule has 1 saturated heterocycles. The van der Waals surface area contributed by atoms with Gasteiger partial charge < -0.3 is 15.2 Å². The SMILES string of the molecule is NC(=O)c1noc(C2CCCN2c2ccc3nnc(-c4cc(Cl)cc(Cl)c4)n3n2)n1. The number of carbonyl (C=O) groups excluding carboxylic acids is 1. The van der Waals surface area contributed by atoms with E-state index in [1.54, 1.807) is 22.7 Å². The fourth-order valence-corrected chi connectivity index (χ4v) is 4.09. The fraction of sp³-hybridized carbons (Fsp3) is 0.222. The van der Waals surface area contributed by atoms with Crippen LogP contribution in [0.5, 0.6) is 0 Å². The van der Waals surface area contributed by atoms with Gasteiger partial charge in [-0.1, -0.05) is 28.4 Å². The van der Waals surface area contributed by atoms with Crippen molar-refractivity contribution in [2.75, 3.05) is 11.4 Å². The normalized spacial score (nSPS) is 16.5. The number of primary amides is 1. The van der Waals surface area contributed by atoms with Crippen LogP contribution in [0.25, 0.3) is 17.0 Å². The lowest BCUT2D eigenvalue weighted by molar-refractivity contribution is 0.0987. The lowest BCUT2D eigenvalue weighted by Crippen LogP contribution is -2.24. The standard InChI is InChI=1S/C18H14Cl2N8O2/c19-10-6-9(7-11(20)8-10)17-24-23-13-3-4-14(25-28(13)17)27-5-1-2-12(27)18-22-16(15(21)29)26-30-18/h3-4,6-8,12H,1-2,5H2,(H2,21,29). The Labute approximate surface area is 179 Å². The predicted octanol–water partition coefficient (Wildman–Crippen LogP) is 2.92. The Balaban J connectivity index is 1.55. The van der Waals surface area contributed by atoms with Crippen LogP contribution >= 0.6 is 23.2 Å². The number of hydrogen-bond acceptors (Lipinski definition) is 8. The van der Waals surface area contributed by atoms with E-state index in [0.717, 1.165) is 19.4 Å². The zero-order valence-corrected chi connectivity index (χ0v) is 16.9. The maximum Gasteiger partial charge on any atom is 0.290 e. The van der Waals surface area contributed by atoms with Gasteiger partial charge in [-0.25, -0.2) is 0 Å². The summed E-state index contributed by atoms with van der Waals surface area (Å²) in [5.74, 6) is 0.648. The van der Waals surface area contributed by atoms with E-state index in [1.165, 1.54) is 0 Å². The monoisotopic (exact) mass is 444 g/mol. The Morgan fingerprint density at radius 2 is 1.97 bits per heavy atom. The van der Waals surface area contributed by atoms with E-state index in [0.29, 0.717) is 38.8 Å². The average Bonchev–Trinajstić information content (AvgIpc) is 3.44. The summed E-state index contributed by atoms with van der Waals surface area (Å²) in [6.07, 6.45) is 1.68.